The van der Waals surface area contributed by atoms with E-state index < -0.39 is 0 Å². The highest BCUT2D eigenvalue weighted by Crippen LogP contribution is 2.15. The maximum absolute atomic E-state index is 13.5. The zero-order valence-electron chi connectivity index (χ0n) is 11.5. The lowest BCUT2D eigenvalue weighted by Gasteiger charge is -1.98. The number of imidazole rings is 1. The first-order chi connectivity index (χ1) is 10.2. The summed E-state index contributed by atoms with van der Waals surface area (Å²) in [5, 5.41) is 0. The minimum atomic E-state index is -0.355. The van der Waals surface area contributed by atoms with E-state index >= 15 is 0 Å². The summed E-state index contributed by atoms with van der Waals surface area (Å²) in [5.74, 6) is -0.271. The summed E-state index contributed by atoms with van der Waals surface area (Å²) in [4.78, 5) is 16.5. The standard InChI is InChI=1S/C17H13FN2O/c1-20-15-9-5-4-8-14(15)19-17(20)16(21)11-10-12-6-2-3-7-13(12)18/h2-11H,1H3. The number of benzene rings is 2. The molecule has 0 atom stereocenters. The van der Waals surface area contributed by atoms with Crippen LogP contribution in [0.2, 0.25) is 0 Å². The first kappa shape index (κ1) is 13.2. The third-order valence-electron chi connectivity index (χ3n) is 3.33. The molecular weight excluding hydrogens is 267 g/mol. The molecule has 3 nitrogen and oxygen atoms in total. The molecule has 0 aliphatic heterocycles. The first-order valence-electron chi connectivity index (χ1n) is 6.55. The summed E-state index contributed by atoms with van der Waals surface area (Å²) in [6.07, 6.45) is 2.82. The van der Waals surface area contributed by atoms with E-state index in [4.69, 9.17) is 0 Å². The minimum Gasteiger partial charge on any atom is -0.324 e. The monoisotopic (exact) mass is 280 g/mol. The molecule has 104 valence electrons. The Bertz CT molecular complexity index is 849. The SMILES string of the molecule is Cn1c(C(=O)C=Cc2ccccc2F)nc2ccccc21. The summed E-state index contributed by atoms with van der Waals surface area (Å²) in [7, 11) is 1.79. The Morgan fingerprint density at radius 3 is 2.62 bits per heavy atom. The molecule has 3 aromatic rings. The van der Waals surface area contributed by atoms with Crippen molar-refractivity contribution in [3.63, 3.8) is 0 Å². The van der Waals surface area contributed by atoms with Crippen LogP contribution >= 0.6 is 0 Å². The van der Waals surface area contributed by atoms with Gasteiger partial charge in [-0.1, -0.05) is 30.3 Å². The van der Waals surface area contributed by atoms with E-state index in [1.165, 1.54) is 18.2 Å². The van der Waals surface area contributed by atoms with Gasteiger partial charge < -0.3 is 4.57 Å². The molecule has 4 heteroatoms. The molecule has 0 unspecified atom stereocenters. The van der Waals surface area contributed by atoms with Crippen molar-refractivity contribution >= 4 is 22.9 Å². The molecule has 0 aliphatic rings. The van der Waals surface area contributed by atoms with Crippen LogP contribution in [0.5, 0.6) is 0 Å². The topological polar surface area (TPSA) is 34.9 Å². The van der Waals surface area contributed by atoms with Crippen molar-refractivity contribution in [1.29, 1.82) is 0 Å². The molecule has 21 heavy (non-hydrogen) atoms. The summed E-state index contributed by atoms with van der Waals surface area (Å²) < 4.78 is 15.2. The second-order valence-corrected chi connectivity index (χ2v) is 4.70. The third kappa shape index (κ3) is 2.48. The number of nitrogens with zero attached hydrogens (tertiary/aromatic N) is 2. The number of carbonyl (C=O) groups is 1. The Morgan fingerprint density at radius 2 is 1.86 bits per heavy atom. The predicted molar refractivity (Wildman–Crippen MR) is 80.5 cm³/mol. The first-order valence-corrected chi connectivity index (χ1v) is 6.55. The molecule has 3 rings (SSSR count). The van der Waals surface area contributed by atoms with Crippen molar-refractivity contribution in [3.05, 3.63) is 71.8 Å². The Morgan fingerprint density at radius 1 is 1.14 bits per heavy atom. The van der Waals surface area contributed by atoms with Gasteiger partial charge in [-0.25, -0.2) is 9.37 Å². The van der Waals surface area contributed by atoms with E-state index in [1.807, 2.05) is 24.3 Å². The van der Waals surface area contributed by atoms with Gasteiger partial charge in [0.15, 0.2) is 5.82 Å². The highest BCUT2D eigenvalue weighted by Gasteiger charge is 2.12. The van der Waals surface area contributed by atoms with Crippen LogP contribution in [0.1, 0.15) is 16.2 Å². The second-order valence-electron chi connectivity index (χ2n) is 4.70. The number of aryl methyl sites for hydroxylation is 1. The van der Waals surface area contributed by atoms with Gasteiger partial charge in [-0.3, -0.25) is 4.79 Å². The fourth-order valence-corrected chi connectivity index (χ4v) is 2.22. The van der Waals surface area contributed by atoms with Crippen LogP contribution in [0, 0.1) is 5.82 Å². The summed E-state index contributed by atoms with van der Waals surface area (Å²) >= 11 is 0. The quantitative estimate of drug-likeness (QED) is 0.542. The maximum Gasteiger partial charge on any atom is 0.221 e. The molecule has 0 fully saturated rings. The van der Waals surface area contributed by atoms with Crippen molar-refractivity contribution in [2.75, 3.05) is 0 Å². The molecule has 0 bridgehead atoms. The molecule has 1 aromatic heterocycles. The molecule has 0 N–H and O–H groups in total. The van der Waals surface area contributed by atoms with Gasteiger partial charge in [0, 0.05) is 12.6 Å². The Hall–Kier alpha value is -2.75. The number of rotatable bonds is 3. The number of carbonyl (C=O) groups excluding carboxylic acids is 1. The van der Waals surface area contributed by atoms with Gasteiger partial charge in [0.2, 0.25) is 5.78 Å². The average molecular weight is 280 g/mol. The highest BCUT2D eigenvalue weighted by atomic mass is 19.1. The van der Waals surface area contributed by atoms with Crippen molar-refractivity contribution in [1.82, 2.24) is 9.55 Å². The fraction of sp³-hybridized carbons (Fsp3) is 0.0588. The summed E-state index contributed by atoms with van der Waals surface area (Å²) in [6.45, 7) is 0. The van der Waals surface area contributed by atoms with Crippen LogP contribution in [-0.4, -0.2) is 15.3 Å². The number of hydrogen-bond donors (Lipinski definition) is 0. The molecule has 0 saturated carbocycles. The molecule has 0 spiro atoms. The van der Waals surface area contributed by atoms with Crippen LogP contribution in [0.15, 0.2) is 54.6 Å². The van der Waals surface area contributed by atoms with E-state index in [-0.39, 0.29) is 11.6 Å². The number of aromatic nitrogens is 2. The molecule has 1 heterocycles. The smallest absolute Gasteiger partial charge is 0.221 e. The zero-order valence-corrected chi connectivity index (χ0v) is 11.5. The number of halogens is 1. The number of allylic oxidation sites excluding steroid dienone is 1. The van der Waals surface area contributed by atoms with Crippen LogP contribution in [0.4, 0.5) is 4.39 Å². The van der Waals surface area contributed by atoms with Crippen molar-refractivity contribution in [3.8, 4) is 0 Å². The molecular formula is C17H13FN2O. The minimum absolute atomic E-state index is 0.253. The Labute approximate surface area is 121 Å². The molecule has 0 radical (unpaired) electrons. The van der Waals surface area contributed by atoms with Crippen LogP contribution in [0.25, 0.3) is 17.1 Å². The lowest BCUT2D eigenvalue weighted by Crippen LogP contribution is -2.04. The predicted octanol–water partition coefficient (Wildman–Crippen LogP) is 3.61. The Balaban J connectivity index is 1.94. The number of hydrogen-bond acceptors (Lipinski definition) is 2. The van der Waals surface area contributed by atoms with Crippen LogP contribution < -0.4 is 0 Å². The molecule has 0 aliphatic carbocycles. The fourth-order valence-electron chi connectivity index (χ4n) is 2.22. The van der Waals surface area contributed by atoms with Gasteiger partial charge in [-0.05, 0) is 30.4 Å². The van der Waals surface area contributed by atoms with Crippen LogP contribution in [-0.2, 0) is 7.05 Å². The van der Waals surface area contributed by atoms with Gasteiger partial charge in [-0.2, -0.15) is 0 Å². The average Bonchev–Trinajstić information content (AvgIpc) is 2.84. The van der Waals surface area contributed by atoms with Gasteiger partial charge in [0.1, 0.15) is 5.82 Å². The van der Waals surface area contributed by atoms with Gasteiger partial charge in [0.05, 0.1) is 11.0 Å². The van der Waals surface area contributed by atoms with Crippen molar-refractivity contribution in [2.24, 2.45) is 7.05 Å². The number of para-hydroxylation sites is 2. The summed E-state index contributed by atoms with van der Waals surface area (Å²) in [6, 6.07) is 13.8. The number of ketones is 1. The van der Waals surface area contributed by atoms with Gasteiger partial charge in [0.25, 0.3) is 0 Å². The summed E-state index contributed by atoms with van der Waals surface area (Å²) in [5.41, 5.74) is 2.03. The Kier molecular flexibility index (Phi) is 3.36. The van der Waals surface area contributed by atoms with Crippen molar-refractivity contribution in [2.45, 2.75) is 0 Å². The largest absolute Gasteiger partial charge is 0.324 e. The molecule has 2 aromatic carbocycles. The highest BCUT2D eigenvalue weighted by molar-refractivity contribution is 6.06. The lowest BCUT2D eigenvalue weighted by atomic mass is 10.2. The van der Waals surface area contributed by atoms with E-state index in [0.717, 1.165) is 11.0 Å². The van der Waals surface area contributed by atoms with E-state index in [9.17, 15) is 9.18 Å². The van der Waals surface area contributed by atoms with Crippen LogP contribution in [0.3, 0.4) is 0 Å². The van der Waals surface area contributed by atoms with Gasteiger partial charge in [-0.15, -0.1) is 0 Å². The van der Waals surface area contributed by atoms with E-state index in [1.54, 1.807) is 29.8 Å². The lowest BCUT2D eigenvalue weighted by molar-refractivity contribution is 0.103. The maximum atomic E-state index is 13.5. The normalized spacial score (nSPS) is 11.3. The second kappa shape index (κ2) is 5.32. The third-order valence-corrected chi connectivity index (χ3v) is 3.33. The van der Waals surface area contributed by atoms with E-state index in [2.05, 4.69) is 4.98 Å². The van der Waals surface area contributed by atoms with Crippen molar-refractivity contribution < 1.29 is 9.18 Å². The molecule has 0 saturated heterocycles. The zero-order chi connectivity index (χ0) is 14.8. The molecule has 0 amide bonds. The number of fused-ring (bicyclic) bond motifs is 1. The van der Waals surface area contributed by atoms with Gasteiger partial charge >= 0.3 is 0 Å². The van der Waals surface area contributed by atoms with E-state index in [0.29, 0.717) is 11.4 Å².